The van der Waals surface area contributed by atoms with Crippen LogP contribution in [0.25, 0.3) is 38.6 Å². The van der Waals surface area contributed by atoms with Gasteiger partial charge in [-0.15, -0.1) is 0 Å². The van der Waals surface area contributed by atoms with Crippen LogP contribution >= 0.6 is 0 Å². The van der Waals surface area contributed by atoms with Crippen molar-refractivity contribution in [1.29, 1.82) is 5.26 Å². The van der Waals surface area contributed by atoms with Crippen LogP contribution in [0.5, 0.6) is 5.75 Å². The smallest absolute Gasteiger partial charge is 0.119 e. The van der Waals surface area contributed by atoms with Crippen molar-refractivity contribution in [1.82, 2.24) is 4.57 Å². The average Bonchev–Trinajstić information content (AvgIpc) is 3.11. The van der Waals surface area contributed by atoms with Gasteiger partial charge in [0.25, 0.3) is 0 Å². The Balaban J connectivity index is 1.91. The molecule has 4 aromatic carbocycles. The summed E-state index contributed by atoms with van der Waals surface area (Å²) in [6.45, 7) is 2.11. The molecule has 3 nitrogen and oxygen atoms in total. The molecule has 1 heterocycles. The Labute approximate surface area is 175 Å². The predicted molar refractivity (Wildman–Crippen MR) is 122 cm³/mol. The van der Waals surface area contributed by atoms with Crippen LogP contribution in [-0.2, 0) is 0 Å². The minimum atomic E-state index is 0.649. The number of fused-ring (bicyclic) bond motifs is 3. The summed E-state index contributed by atoms with van der Waals surface area (Å²) >= 11 is 0. The fourth-order valence-corrected chi connectivity index (χ4v) is 4.15. The normalized spacial score (nSPS) is 11.0. The van der Waals surface area contributed by atoms with E-state index in [-0.39, 0.29) is 0 Å². The maximum absolute atomic E-state index is 9.49. The zero-order valence-electron chi connectivity index (χ0n) is 16.9. The fraction of sp³-hybridized carbons (Fsp3) is 0.0741. The molecule has 0 unspecified atom stereocenters. The van der Waals surface area contributed by atoms with Crippen LogP contribution in [0.3, 0.4) is 0 Å². The zero-order valence-corrected chi connectivity index (χ0v) is 16.9. The largest absolute Gasteiger partial charge is 0.497 e. The Bertz CT molecular complexity index is 1440. The third kappa shape index (κ3) is 2.82. The van der Waals surface area contributed by atoms with Gasteiger partial charge in [-0.25, -0.2) is 0 Å². The Morgan fingerprint density at radius 3 is 2.27 bits per heavy atom. The van der Waals surface area contributed by atoms with Crippen molar-refractivity contribution in [2.24, 2.45) is 0 Å². The van der Waals surface area contributed by atoms with Crippen molar-refractivity contribution in [3.63, 3.8) is 0 Å². The molecule has 1 aromatic heterocycles. The number of methoxy groups -OCH3 is 1. The molecule has 0 aliphatic heterocycles. The van der Waals surface area contributed by atoms with E-state index in [2.05, 4.69) is 60.0 Å². The second kappa shape index (κ2) is 7.09. The third-order valence-corrected chi connectivity index (χ3v) is 5.58. The second-order valence-corrected chi connectivity index (χ2v) is 7.45. The molecule has 3 heteroatoms. The number of nitrogens with zero attached hydrogens (tertiary/aromatic N) is 2. The highest BCUT2D eigenvalue weighted by Crippen LogP contribution is 2.38. The molecule has 0 saturated carbocycles. The molecule has 0 saturated heterocycles. The summed E-state index contributed by atoms with van der Waals surface area (Å²) in [5.41, 5.74) is 7.27. The van der Waals surface area contributed by atoms with Crippen molar-refractivity contribution in [3.05, 3.63) is 96.1 Å². The number of hydrogen-bond acceptors (Lipinski definition) is 2. The monoisotopic (exact) mass is 388 g/mol. The van der Waals surface area contributed by atoms with Gasteiger partial charge < -0.3 is 9.30 Å². The number of aromatic nitrogens is 1. The Hall–Kier alpha value is -4.03. The molecule has 0 bridgehead atoms. The van der Waals surface area contributed by atoms with Crippen molar-refractivity contribution >= 4 is 21.8 Å². The summed E-state index contributed by atoms with van der Waals surface area (Å²) < 4.78 is 7.78. The third-order valence-electron chi connectivity index (χ3n) is 5.58. The molecule has 0 spiro atoms. The molecular formula is C27H20N2O. The SMILES string of the molecule is COc1ccc2c(c1)c1cc(C)ccc1n2-c1ccc(C#N)cc1-c1ccccc1. The lowest BCUT2D eigenvalue weighted by Crippen LogP contribution is -1.98. The van der Waals surface area contributed by atoms with Gasteiger partial charge in [-0.1, -0.05) is 42.0 Å². The average molecular weight is 388 g/mol. The molecule has 0 N–H and O–H groups in total. The number of nitriles is 1. The first-order chi connectivity index (χ1) is 14.7. The van der Waals surface area contributed by atoms with Crippen LogP contribution < -0.4 is 4.74 Å². The molecule has 0 fully saturated rings. The molecule has 0 atom stereocenters. The summed E-state index contributed by atoms with van der Waals surface area (Å²) in [7, 11) is 1.69. The first-order valence-corrected chi connectivity index (χ1v) is 9.88. The van der Waals surface area contributed by atoms with Crippen LogP contribution in [0.15, 0.2) is 84.9 Å². The van der Waals surface area contributed by atoms with Crippen LogP contribution in [0.4, 0.5) is 0 Å². The summed E-state index contributed by atoms with van der Waals surface area (Å²) in [5, 5.41) is 11.8. The van der Waals surface area contributed by atoms with E-state index in [9.17, 15) is 5.26 Å². The van der Waals surface area contributed by atoms with Crippen molar-refractivity contribution in [2.45, 2.75) is 6.92 Å². The van der Waals surface area contributed by atoms with E-state index in [1.54, 1.807) is 7.11 Å². The highest BCUT2D eigenvalue weighted by Gasteiger charge is 2.17. The van der Waals surface area contributed by atoms with Crippen LogP contribution in [0, 0.1) is 18.3 Å². The van der Waals surface area contributed by atoms with E-state index in [0.29, 0.717) is 5.56 Å². The Morgan fingerprint density at radius 2 is 1.53 bits per heavy atom. The molecular weight excluding hydrogens is 368 g/mol. The number of hydrogen-bond donors (Lipinski definition) is 0. The Morgan fingerprint density at radius 1 is 0.800 bits per heavy atom. The first kappa shape index (κ1) is 18.0. The topological polar surface area (TPSA) is 38.0 Å². The minimum Gasteiger partial charge on any atom is -0.497 e. The maximum Gasteiger partial charge on any atom is 0.119 e. The first-order valence-electron chi connectivity index (χ1n) is 9.88. The fourth-order valence-electron chi connectivity index (χ4n) is 4.15. The van der Waals surface area contributed by atoms with E-state index < -0.39 is 0 Å². The van der Waals surface area contributed by atoms with E-state index in [1.165, 1.54) is 10.9 Å². The zero-order chi connectivity index (χ0) is 20.7. The minimum absolute atomic E-state index is 0.649. The number of ether oxygens (including phenoxy) is 1. The molecule has 5 aromatic rings. The Kier molecular flexibility index (Phi) is 4.26. The van der Waals surface area contributed by atoms with Gasteiger partial charge in [-0.05, 0) is 61.0 Å². The quantitative estimate of drug-likeness (QED) is 0.347. The van der Waals surface area contributed by atoms with Gasteiger partial charge in [0.05, 0.1) is 35.5 Å². The molecule has 144 valence electrons. The van der Waals surface area contributed by atoms with Gasteiger partial charge >= 0.3 is 0 Å². The van der Waals surface area contributed by atoms with Crippen LogP contribution in [0.1, 0.15) is 11.1 Å². The van der Waals surface area contributed by atoms with Crippen LogP contribution in [-0.4, -0.2) is 11.7 Å². The van der Waals surface area contributed by atoms with Gasteiger partial charge in [0, 0.05) is 16.3 Å². The lowest BCUT2D eigenvalue weighted by molar-refractivity contribution is 0.415. The van der Waals surface area contributed by atoms with Gasteiger partial charge in [0.2, 0.25) is 0 Å². The van der Waals surface area contributed by atoms with E-state index in [0.717, 1.165) is 39.0 Å². The molecule has 30 heavy (non-hydrogen) atoms. The second-order valence-electron chi connectivity index (χ2n) is 7.45. The standard InChI is InChI=1S/C27H20N2O/c1-18-8-11-26-23(14-18)24-16-21(30-2)10-13-27(24)29(26)25-12-9-19(17-28)15-22(25)20-6-4-3-5-7-20/h3-16H,1-2H3. The van der Waals surface area contributed by atoms with Crippen molar-refractivity contribution in [3.8, 4) is 28.6 Å². The highest BCUT2D eigenvalue weighted by atomic mass is 16.5. The van der Waals surface area contributed by atoms with Gasteiger partial charge in [-0.3, -0.25) is 0 Å². The molecule has 5 rings (SSSR count). The van der Waals surface area contributed by atoms with Crippen LogP contribution in [0.2, 0.25) is 0 Å². The van der Waals surface area contributed by atoms with Crippen molar-refractivity contribution in [2.75, 3.05) is 7.11 Å². The summed E-state index contributed by atoms with van der Waals surface area (Å²) in [5.74, 6) is 0.839. The lowest BCUT2D eigenvalue weighted by atomic mass is 10.0. The molecule has 0 aliphatic carbocycles. The van der Waals surface area contributed by atoms with E-state index in [1.807, 2.05) is 42.5 Å². The van der Waals surface area contributed by atoms with Gasteiger partial charge in [0.1, 0.15) is 5.75 Å². The summed E-state index contributed by atoms with van der Waals surface area (Å²) in [6.07, 6.45) is 0. The van der Waals surface area contributed by atoms with Gasteiger partial charge in [0.15, 0.2) is 0 Å². The number of rotatable bonds is 3. The molecule has 0 aliphatic rings. The van der Waals surface area contributed by atoms with E-state index >= 15 is 0 Å². The summed E-state index contributed by atoms with van der Waals surface area (Å²) in [4.78, 5) is 0. The lowest BCUT2D eigenvalue weighted by Gasteiger charge is -2.14. The summed E-state index contributed by atoms with van der Waals surface area (Å²) in [6, 6.07) is 31.1. The molecule has 0 radical (unpaired) electrons. The highest BCUT2D eigenvalue weighted by molar-refractivity contribution is 6.10. The number of aryl methyl sites for hydroxylation is 1. The predicted octanol–water partition coefficient (Wildman–Crippen LogP) is 6.64. The maximum atomic E-state index is 9.49. The van der Waals surface area contributed by atoms with Crippen molar-refractivity contribution < 1.29 is 4.74 Å². The molecule has 0 amide bonds. The van der Waals surface area contributed by atoms with E-state index in [4.69, 9.17) is 4.74 Å². The number of benzene rings is 4. The van der Waals surface area contributed by atoms with Gasteiger partial charge in [-0.2, -0.15) is 5.26 Å².